The highest BCUT2D eigenvalue weighted by molar-refractivity contribution is 6.05. The van der Waals surface area contributed by atoms with Crippen molar-refractivity contribution in [2.24, 2.45) is 7.05 Å². The van der Waals surface area contributed by atoms with Crippen LogP contribution < -0.4 is 15.8 Å². The van der Waals surface area contributed by atoms with E-state index in [1.807, 2.05) is 4.90 Å². The Kier molecular flexibility index (Phi) is 5.06. The number of nitrogens with zero attached hydrogens (tertiary/aromatic N) is 4. The minimum atomic E-state index is -0.599. The number of nitrogens with one attached hydrogen (secondary N) is 2. The molecule has 1 saturated heterocycles. The predicted octanol–water partition coefficient (Wildman–Crippen LogP) is 1.79. The van der Waals surface area contributed by atoms with Crippen molar-refractivity contribution in [2.75, 3.05) is 42.9 Å². The van der Waals surface area contributed by atoms with E-state index >= 15 is 0 Å². The smallest absolute Gasteiger partial charge is 0.261 e. The summed E-state index contributed by atoms with van der Waals surface area (Å²) in [4.78, 5) is 31.8. The van der Waals surface area contributed by atoms with E-state index in [4.69, 9.17) is 0 Å². The number of piperazine rings is 1. The van der Waals surface area contributed by atoms with Gasteiger partial charge in [-0.2, -0.15) is 5.10 Å². The van der Waals surface area contributed by atoms with E-state index in [2.05, 4.69) is 27.2 Å². The molecular weight excluding hydrogens is 375 g/mol. The number of carbonyl (C=O) groups excluding carboxylic acids is 1. The fourth-order valence-electron chi connectivity index (χ4n) is 3.62. The summed E-state index contributed by atoms with van der Waals surface area (Å²) in [6.07, 6.45) is 1.52. The average molecular weight is 398 g/mol. The Morgan fingerprint density at radius 1 is 1.24 bits per heavy atom. The number of halogens is 1. The average Bonchev–Trinajstić information content (AvgIpc) is 3.07. The molecule has 0 spiro atoms. The molecule has 152 valence electrons. The molecule has 0 atom stereocenters. The van der Waals surface area contributed by atoms with Crippen molar-refractivity contribution < 1.29 is 9.18 Å². The number of benzene rings is 1. The summed E-state index contributed by atoms with van der Waals surface area (Å²) in [7, 11) is 1.72. The van der Waals surface area contributed by atoms with Crippen molar-refractivity contribution in [2.45, 2.75) is 6.92 Å². The van der Waals surface area contributed by atoms with Crippen LogP contribution in [0.1, 0.15) is 17.3 Å². The Morgan fingerprint density at radius 3 is 2.69 bits per heavy atom. The van der Waals surface area contributed by atoms with Crippen molar-refractivity contribution in [1.82, 2.24) is 19.7 Å². The zero-order chi connectivity index (χ0) is 20.5. The molecule has 1 fully saturated rings. The lowest BCUT2D eigenvalue weighted by atomic mass is 10.2. The molecule has 3 aromatic rings. The molecule has 2 aromatic heterocycles. The van der Waals surface area contributed by atoms with E-state index in [0.717, 1.165) is 32.7 Å². The number of aryl methyl sites for hydroxylation is 1. The molecule has 8 nitrogen and oxygen atoms in total. The molecule has 0 unspecified atom stereocenters. The van der Waals surface area contributed by atoms with Gasteiger partial charge in [0.2, 0.25) is 0 Å². The molecule has 0 aliphatic carbocycles. The van der Waals surface area contributed by atoms with Crippen LogP contribution in [0.25, 0.3) is 11.0 Å². The molecule has 1 amide bonds. The Morgan fingerprint density at radius 2 is 2.00 bits per heavy atom. The fraction of sp³-hybridized carbons (Fsp3) is 0.350. The van der Waals surface area contributed by atoms with Crippen LogP contribution in [0.4, 0.5) is 15.8 Å². The Labute approximate surface area is 166 Å². The van der Waals surface area contributed by atoms with Crippen LogP contribution in [0, 0.1) is 5.82 Å². The SMILES string of the molecule is CCN1CCN(c2ccc(NC(=O)c3cc4c(cnn4C)[nH]c3=O)cc2F)CC1. The van der Waals surface area contributed by atoms with Crippen molar-refractivity contribution in [3.8, 4) is 0 Å². The van der Waals surface area contributed by atoms with Crippen LogP contribution in [0.5, 0.6) is 0 Å². The van der Waals surface area contributed by atoms with E-state index in [-0.39, 0.29) is 5.56 Å². The summed E-state index contributed by atoms with van der Waals surface area (Å²) in [5, 5.41) is 6.66. The van der Waals surface area contributed by atoms with Gasteiger partial charge in [0.15, 0.2) is 0 Å². The minimum absolute atomic E-state index is 0.0544. The summed E-state index contributed by atoms with van der Waals surface area (Å²) < 4.78 is 16.2. The number of hydrogen-bond acceptors (Lipinski definition) is 5. The highest BCUT2D eigenvalue weighted by Crippen LogP contribution is 2.24. The molecule has 4 rings (SSSR count). The molecule has 1 aliphatic rings. The zero-order valence-electron chi connectivity index (χ0n) is 16.4. The van der Waals surface area contributed by atoms with Crippen LogP contribution >= 0.6 is 0 Å². The molecule has 0 bridgehead atoms. The Balaban J connectivity index is 1.52. The largest absolute Gasteiger partial charge is 0.367 e. The van der Waals surface area contributed by atoms with Gasteiger partial charge >= 0.3 is 0 Å². The maximum Gasteiger partial charge on any atom is 0.261 e. The summed E-state index contributed by atoms with van der Waals surface area (Å²) in [5.74, 6) is -0.998. The Bertz CT molecular complexity index is 1110. The molecule has 1 aromatic carbocycles. The predicted molar refractivity (Wildman–Crippen MR) is 110 cm³/mol. The standard InChI is InChI=1S/C20H23FN6O2/c1-3-26-6-8-27(9-7-26)17-5-4-13(10-15(17)21)23-19(28)14-11-18-16(24-20(14)29)12-22-25(18)2/h4-5,10-12H,3,6-9H2,1-2H3,(H,23,28)(H,24,29). The van der Waals surface area contributed by atoms with Gasteiger partial charge in [0, 0.05) is 38.9 Å². The molecule has 0 radical (unpaired) electrons. The second kappa shape index (κ2) is 7.67. The maximum absolute atomic E-state index is 14.7. The molecule has 0 saturated carbocycles. The highest BCUT2D eigenvalue weighted by Gasteiger charge is 2.19. The number of rotatable bonds is 4. The van der Waals surface area contributed by atoms with Gasteiger partial charge in [-0.3, -0.25) is 14.3 Å². The third kappa shape index (κ3) is 3.73. The number of pyridine rings is 1. The van der Waals surface area contributed by atoms with Gasteiger partial charge < -0.3 is 20.1 Å². The van der Waals surface area contributed by atoms with Crippen LogP contribution in [0.2, 0.25) is 0 Å². The third-order valence-corrected chi connectivity index (χ3v) is 5.37. The summed E-state index contributed by atoms with van der Waals surface area (Å²) >= 11 is 0. The van der Waals surface area contributed by atoms with E-state index in [9.17, 15) is 14.0 Å². The molecular formula is C20H23FN6O2. The fourth-order valence-corrected chi connectivity index (χ4v) is 3.62. The van der Waals surface area contributed by atoms with Crippen LogP contribution in [0.3, 0.4) is 0 Å². The first kappa shape index (κ1) is 19.1. The summed E-state index contributed by atoms with van der Waals surface area (Å²) in [5.41, 5.74) is 1.42. The first-order chi connectivity index (χ1) is 14.0. The van der Waals surface area contributed by atoms with Gasteiger partial charge in [0.1, 0.15) is 11.4 Å². The van der Waals surface area contributed by atoms with Gasteiger partial charge in [-0.05, 0) is 30.8 Å². The third-order valence-electron chi connectivity index (χ3n) is 5.37. The molecule has 2 N–H and O–H groups in total. The van der Waals surface area contributed by atoms with Gasteiger partial charge in [-0.25, -0.2) is 4.39 Å². The van der Waals surface area contributed by atoms with E-state index in [0.29, 0.717) is 22.4 Å². The number of amides is 1. The number of carbonyl (C=O) groups is 1. The first-order valence-corrected chi connectivity index (χ1v) is 9.59. The van der Waals surface area contributed by atoms with Crippen molar-refractivity contribution in [3.05, 3.63) is 52.2 Å². The van der Waals surface area contributed by atoms with Crippen molar-refractivity contribution >= 4 is 28.3 Å². The topological polar surface area (TPSA) is 86.3 Å². The lowest BCUT2D eigenvalue weighted by Crippen LogP contribution is -2.46. The monoisotopic (exact) mass is 398 g/mol. The number of anilines is 2. The van der Waals surface area contributed by atoms with Crippen LogP contribution in [-0.4, -0.2) is 58.3 Å². The lowest BCUT2D eigenvalue weighted by Gasteiger charge is -2.35. The van der Waals surface area contributed by atoms with Crippen molar-refractivity contribution in [1.29, 1.82) is 0 Å². The Hall–Kier alpha value is -3.20. The van der Waals surface area contributed by atoms with Gasteiger partial charge in [0.05, 0.1) is 22.9 Å². The van der Waals surface area contributed by atoms with E-state index in [1.165, 1.54) is 18.3 Å². The highest BCUT2D eigenvalue weighted by atomic mass is 19.1. The number of hydrogen-bond donors (Lipinski definition) is 2. The molecule has 29 heavy (non-hydrogen) atoms. The first-order valence-electron chi connectivity index (χ1n) is 9.59. The molecule has 1 aliphatic heterocycles. The second-order valence-electron chi connectivity index (χ2n) is 7.12. The van der Waals surface area contributed by atoms with Crippen LogP contribution in [0.15, 0.2) is 35.3 Å². The number of fused-ring (bicyclic) bond motifs is 1. The number of aromatic amines is 1. The maximum atomic E-state index is 14.7. The molecule has 9 heteroatoms. The second-order valence-corrected chi connectivity index (χ2v) is 7.12. The van der Waals surface area contributed by atoms with Gasteiger partial charge in [-0.15, -0.1) is 0 Å². The zero-order valence-corrected chi connectivity index (χ0v) is 16.4. The van der Waals surface area contributed by atoms with Gasteiger partial charge in [-0.1, -0.05) is 6.92 Å². The number of aromatic nitrogens is 3. The van der Waals surface area contributed by atoms with Crippen LogP contribution in [-0.2, 0) is 7.05 Å². The van der Waals surface area contributed by atoms with Crippen molar-refractivity contribution in [3.63, 3.8) is 0 Å². The number of likely N-dealkylation sites (N-methyl/N-ethyl adjacent to an activating group) is 1. The summed E-state index contributed by atoms with van der Waals surface area (Å²) in [6.45, 7) is 6.42. The molecule has 3 heterocycles. The minimum Gasteiger partial charge on any atom is -0.367 e. The quantitative estimate of drug-likeness (QED) is 0.700. The lowest BCUT2D eigenvalue weighted by molar-refractivity contribution is 0.102. The number of H-pyrrole nitrogens is 1. The van der Waals surface area contributed by atoms with Gasteiger partial charge in [0.25, 0.3) is 11.5 Å². The van der Waals surface area contributed by atoms with E-state index in [1.54, 1.807) is 23.9 Å². The van der Waals surface area contributed by atoms with E-state index < -0.39 is 17.3 Å². The normalized spacial score (nSPS) is 15.1. The summed E-state index contributed by atoms with van der Waals surface area (Å²) in [6, 6.07) is 6.09.